The fourth-order valence-electron chi connectivity index (χ4n) is 3.19. The second kappa shape index (κ2) is 11.0. The van der Waals surface area contributed by atoms with Gasteiger partial charge in [-0.1, -0.05) is 62.2 Å². The maximum absolute atomic E-state index is 13.4. The Morgan fingerprint density at radius 1 is 1.03 bits per heavy atom. The van der Waals surface area contributed by atoms with Crippen LogP contribution in [0.25, 0.3) is 0 Å². The molecular weight excluding hydrogens is 371 g/mol. The van der Waals surface area contributed by atoms with Crippen molar-refractivity contribution in [3.05, 3.63) is 71.5 Å². The van der Waals surface area contributed by atoms with Crippen LogP contribution in [0.5, 0.6) is 0 Å². The summed E-state index contributed by atoms with van der Waals surface area (Å²) in [5, 5.41) is 10.1. The largest absolute Gasteiger partial charge is 0.341 e. The normalized spacial score (nSPS) is 12.4. The summed E-state index contributed by atoms with van der Waals surface area (Å²) in [6, 6.07) is 18.0. The summed E-state index contributed by atoms with van der Waals surface area (Å²) in [4.78, 5) is 27.3. The molecule has 0 saturated carbocycles. The second-order valence-electron chi connectivity index (χ2n) is 6.80. The quantitative estimate of drug-likeness (QED) is 0.497. The van der Waals surface area contributed by atoms with Gasteiger partial charge in [-0.3, -0.25) is 4.79 Å². The average Bonchev–Trinajstić information content (AvgIpc) is 2.76. The van der Waals surface area contributed by atoms with Crippen LogP contribution in [0.1, 0.15) is 56.6 Å². The highest BCUT2D eigenvalue weighted by molar-refractivity contribution is 5.77. The van der Waals surface area contributed by atoms with E-state index in [0.29, 0.717) is 19.3 Å². The molecule has 2 aromatic rings. The molecule has 0 bridgehead atoms. The highest BCUT2D eigenvalue weighted by Gasteiger charge is 2.33. The standard InChI is InChI=1S/C23H25FN2O3/c1-2-22(28)29-26-21(27)11-7-4-8-16-23(17-25,18-9-5-3-6-10-18)19-12-14-20(24)15-13-19/h3,5-6,9-10,12-15H,2,4,7-8,11,16H2,1H3,(H,26,27). The zero-order valence-corrected chi connectivity index (χ0v) is 16.5. The summed E-state index contributed by atoms with van der Waals surface area (Å²) in [5.41, 5.74) is 2.86. The van der Waals surface area contributed by atoms with Crippen molar-refractivity contribution in [2.45, 2.75) is 50.9 Å². The first-order chi connectivity index (χ1) is 14.0. The lowest BCUT2D eigenvalue weighted by molar-refractivity contribution is -0.158. The van der Waals surface area contributed by atoms with Crippen molar-refractivity contribution in [1.82, 2.24) is 5.48 Å². The highest BCUT2D eigenvalue weighted by atomic mass is 19.1. The lowest BCUT2D eigenvalue weighted by Gasteiger charge is -2.28. The van der Waals surface area contributed by atoms with Crippen LogP contribution >= 0.6 is 0 Å². The van der Waals surface area contributed by atoms with E-state index < -0.39 is 11.4 Å². The molecule has 0 aliphatic carbocycles. The van der Waals surface area contributed by atoms with Crippen molar-refractivity contribution in [1.29, 1.82) is 5.26 Å². The maximum Gasteiger partial charge on any atom is 0.331 e. The molecule has 0 radical (unpaired) electrons. The van der Waals surface area contributed by atoms with E-state index in [1.54, 1.807) is 19.1 Å². The number of rotatable bonds is 9. The van der Waals surface area contributed by atoms with Crippen molar-refractivity contribution in [3.63, 3.8) is 0 Å². The number of unbranched alkanes of at least 4 members (excludes halogenated alkanes) is 2. The lowest BCUT2D eigenvalue weighted by Crippen LogP contribution is -2.27. The lowest BCUT2D eigenvalue weighted by atomic mass is 9.72. The van der Waals surface area contributed by atoms with Crippen molar-refractivity contribution in [3.8, 4) is 6.07 Å². The van der Waals surface area contributed by atoms with Crippen LogP contribution in [0.3, 0.4) is 0 Å². The van der Waals surface area contributed by atoms with E-state index in [4.69, 9.17) is 0 Å². The molecule has 0 saturated heterocycles. The van der Waals surface area contributed by atoms with Crippen LogP contribution in [-0.4, -0.2) is 11.9 Å². The van der Waals surface area contributed by atoms with E-state index in [2.05, 4.69) is 16.4 Å². The molecule has 1 atom stereocenters. The molecular formula is C23H25FN2O3. The van der Waals surface area contributed by atoms with Gasteiger partial charge in [-0.05, 0) is 36.1 Å². The Labute approximate surface area is 170 Å². The third kappa shape index (κ3) is 6.15. The van der Waals surface area contributed by atoms with Gasteiger partial charge >= 0.3 is 5.97 Å². The molecule has 0 heterocycles. The maximum atomic E-state index is 13.4. The molecule has 1 unspecified atom stereocenters. The molecule has 2 rings (SSSR count). The Balaban J connectivity index is 1.99. The summed E-state index contributed by atoms with van der Waals surface area (Å²) < 4.78 is 13.4. The van der Waals surface area contributed by atoms with Crippen molar-refractivity contribution in [2.24, 2.45) is 0 Å². The van der Waals surface area contributed by atoms with E-state index >= 15 is 0 Å². The molecule has 0 fully saturated rings. The fourth-order valence-corrected chi connectivity index (χ4v) is 3.19. The Morgan fingerprint density at radius 2 is 1.69 bits per heavy atom. The number of carbonyl (C=O) groups is 2. The van der Waals surface area contributed by atoms with Crippen LogP contribution < -0.4 is 5.48 Å². The topological polar surface area (TPSA) is 79.2 Å². The molecule has 152 valence electrons. The van der Waals surface area contributed by atoms with Gasteiger partial charge in [0.25, 0.3) is 5.91 Å². The van der Waals surface area contributed by atoms with Crippen molar-refractivity contribution >= 4 is 11.9 Å². The van der Waals surface area contributed by atoms with Crippen LogP contribution in [0, 0.1) is 17.1 Å². The first-order valence-corrected chi connectivity index (χ1v) is 9.73. The average molecular weight is 396 g/mol. The Bertz CT molecular complexity index is 847. The van der Waals surface area contributed by atoms with E-state index in [1.807, 2.05) is 30.3 Å². The van der Waals surface area contributed by atoms with E-state index in [9.17, 15) is 19.2 Å². The van der Waals surface area contributed by atoms with Gasteiger partial charge in [-0.25, -0.2) is 9.18 Å². The first kappa shape index (κ1) is 22.1. The smallest absolute Gasteiger partial charge is 0.331 e. The molecule has 5 nitrogen and oxygen atoms in total. The third-order valence-electron chi connectivity index (χ3n) is 4.82. The number of carbonyl (C=O) groups excluding carboxylic acids is 2. The number of benzene rings is 2. The number of halogens is 1. The zero-order valence-electron chi connectivity index (χ0n) is 16.5. The summed E-state index contributed by atoms with van der Waals surface area (Å²) in [6.45, 7) is 1.64. The number of nitriles is 1. The minimum Gasteiger partial charge on any atom is -0.341 e. The molecule has 0 aromatic heterocycles. The zero-order chi connectivity index (χ0) is 21.1. The monoisotopic (exact) mass is 396 g/mol. The fraction of sp³-hybridized carbons (Fsp3) is 0.348. The van der Waals surface area contributed by atoms with Crippen molar-refractivity contribution < 1.29 is 18.8 Å². The summed E-state index contributed by atoms with van der Waals surface area (Å²) in [7, 11) is 0. The van der Waals surface area contributed by atoms with Gasteiger partial charge in [0, 0.05) is 12.8 Å². The Hall–Kier alpha value is -3.20. The Kier molecular flexibility index (Phi) is 8.35. The predicted molar refractivity (Wildman–Crippen MR) is 107 cm³/mol. The van der Waals surface area contributed by atoms with E-state index in [1.165, 1.54) is 12.1 Å². The summed E-state index contributed by atoms with van der Waals surface area (Å²) >= 11 is 0. The molecule has 1 amide bonds. The van der Waals surface area contributed by atoms with Gasteiger partial charge in [0.05, 0.1) is 6.07 Å². The SMILES string of the molecule is CCC(=O)ONC(=O)CCCCCC(C#N)(c1ccccc1)c1ccc(F)cc1. The second-order valence-corrected chi connectivity index (χ2v) is 6.80. The van der Waals surface area contributed by atoms with Crippen LogP contribution in [-0.2, 0) is 19.8 Å². The minimum absolute atomic E-state index is 0.194. The van der Waals surface area contributed by atoms with Crippen LogP contribution in [0.15, 0.2) is 54.6 Å². The minimum atomic E-state index is -0.881. The highest BCUT2D eigenvalue weighted by Crippen LogP contribution is 2.37. The molecule has 0 spiro atoms. The number of nitrogens with one attached hydrogen (secondary N) is 1. The Morgan fingerprint density at radius 3 is 2.31 bits per heavy atom. The molecule has 29 heavy (non-hydrogen) atoms. The summed E-state index contributed by atoms with van der Waals surface area (Å²) in [6.07, 6.45) is 3.02. The van der Waals surface area contributed by atoms with Gasteiger partial charge in [-0.2, -0.15) is 10.7 Å². The van der Waals surface area contributed by atoms with Gasteiger partial charge in [0.1, 0.15) is 11.2 Å². The van der Waals surface area contributed by atoms with E-state index in [0.717, 1.165) is 17.5 Å². The predicted octanol–water partition coefficient (Wildman–Crippen LogP) is 4.57. The number of hydrogen-bond donors (Lipinski definition) is 1. The first-order valence-electron chi connectivity index (χ1n) is 9.73. The van der Waals surface area contributed by atoms with Gasteiger partial charge in [0.2, 0.25) is 0 Å². The molecule has 0 aliphatic rings. The number of nitrogens with zero attached hydrogens (tertiary/aromatic N) is 1. The number of hydrogen-bond acceptors (Lipinski definition) is 4. The molecule has 6 heteroatoms. The number of hydroxylamine groups is 1. The summed E-state index contributed by atoms with van der Waals surface area (Å²) in [5.74, 6) is -1.18. The van der Waals surface area contributed by atoms with Crippen molar-refractivity contribution in [2.75, 3.05) is 0 Å². The molecule has 0 aliphatic heterocycles. The molecule has 1 N–H and O–H groups in total. The van der Waals surface area contributed by atoms with Crippen LogP contribution in [0.2, 0.25) is 0 Å². The molecule has 2 aromatic carbocycles. The van der Waals surface area contributed by atoms with Gasteiger partial charge in [-0.15, -0.1) is 0 Å². The van der Waals surface area contributed by atoms with Gasteiger partial charge in [0.15, 0.2) is 0 Å². The van der Waals surface area contributed by atoms with E-state index in [-0.39, 0.29) is 24.6 Å². The number of amides is 1. The van der Waals surface area contributed by atoms with Crippen LogP contribution in [0.4, 0.5) is 4.39 Å². The van der Waals surface area contributed by atoms with Gasteiger partial charge < -0.3 is 4.84 Å². The third-order valence-corrected chi connectivity index (χ3v) is 4.82.